The molecule has 0 bridgehead atoms. The van der Waals surface area contributed by atoms with Crippen LogP contribution in [0.4, 0.5) is 0 Å². The predicted molar refractivity (Wildman–Crippen MR) is 38.0 cm³/mol. The van der Waals surface area contributed by atoms with Crippen molar-refractivity contribution in [1.82, 2.24) is 5.32 Å². The molecule has 1 rings (SSSR count). The van der Waals surface area contributed by atoms with Crippen LogP contribution in [0, 0.1) is 0 Å². The molecular formula is C7H11NO3. The first-order valence-corrected chi connectivity index (χ1v) is 3.51. The van der Waals surface area contributed by atoms with Crippen molar-refractivity contribution in [1.29, 1.82) is 0 Å². The second-order valence-corrected chi connectivity index (χ2v) is 2.97. The van der Waals surface area contributed by atoms with Crippen LogP contribution in [0.25, 0.3) is 0 Å². The van der Waals surface area contributed by atoms with Crippen LogP contribution >= 0.6 is 0 Å². The lowest BCUT2D eigenvalue weighted by Crippen LogP contribution is -2.46. The molecule has 0 spiro atoms. The number of aldehydes is 1. The van der Waals surface area contributed by atoms with E-state index < -0.39 is 5.91 Å². The van der Waals surface area contributed by atoms with Crippen molar-refractivity contribution in [2.24, 2.45) is 0 Å². The zero-order valence-electron chi connectivity index (χ0n) is 6.42. The Labute approximate surface area is 64.9 Å². The summed E-state index contributed by atoms with van der Waals surface area (Å²) in [5.41, 5.74) is -0.335. The van der Waals surface area contributed by atoms with Gasteiger partial charge in [0.1, 0.15) is 0 Å². The molecule has 1 unspecified atom stereocenters. The zero-order valence-corrected chi connectivity index (χ0v) is 6.42. The van der Waals surface area contributed by atoms with Gasteiger partial charge in [-0.1, -0.05) is 0 Å². The fraction of sp³-hybridized carbons (Fsp3) is 0.714. The maximum atomic E-state index is 10.6. The van der Waals surface area contributed by atoms with E-state index in [1.807, 2.05) is 6.92 Å². The van der Waals surface area contributed by atoms with E-state index in [9.17, 15) is 9.59 Å². The predicted octanol–water partition coefficient (Wildman–Crippen LogP) is -0.520. The molecular weight excluding hydrogens is 146 g/mol. The molecule has 0 aliphatic carbocycles. The van der Waals surface area contributed by atoms with Gasteiger partial charge in [-0.3, -0.25) is 9.59 Å². The Morgan fingerprint density at radius 1 is 1.73 bits per heavy atom. The van der Waals surface area contributed by atoms with Crippen LogP contribution < -0.4 is 5.32 Å². The minimum atomic E-state index is -0.571. The number of carbonyl (C=O) groups excluding carboxylic acids is 2. The number of ether oxygens (including phenoxy) is 1. The van der Waals surface area contributed by atoms with Crippen LogP contribution in [0.3, 0.4) is 0 Å². The minimum absolute atomic E-state index is 0.281. The van der Waals surface area contributed by atoms with E-state index in [0.29, 0.717) is 13.2 Å². The van der Waals surface area contributed by atoms with Crippen LogP contribution in [0.2, 0.25) is 0 Å². The molecule has 1 fully saturated rings. The largest absolute Gasteiger partial charge is 0.379 e. The number of amides is 1. The minimum Gasteiger partial charge on any atom is -0.379 e. The summed E-state index contributed by atoms with van der Waals surface area (Å²) in [5, 5.41) is 2.57. The Morgan fingerprint density at radius 3 is 2.91 bits per heavy atom. The number of hydrogen-bond donors (Lipinski definition) is 1. The third-order valence-electron chi connectivity index (χ3n) is 1.75. The summed E-state index contributed by atoms with van der Waals surface area (Å²) in [4.78, 5) is 20.6. The smallest absolute Gasteiger partial charge is 0.284 e. The summed E-state index contributed by atoms with van der Waals surface area (Å²) in [6.45, 7) is 3.00. The molecule has 62 valence electrons. The molecule has 4 nitrogen and oxygen atoms in total. The molecule has 0 radical (unpaired) electrons. The van der Waals surface area contributed by atoms with E-state index >= 15 is 0 Å². The summed E-state index contributed by atoms with van der Waals surface area (Å²) in [7, 11) is 0. The van der Waals surface area contributed by atoms with E-state index in [2.05, 4.69) is 5.32 Å². The molecule has 1 aliphatic heterocycles. The van der Waals surface area contributed by atoms with Crippen molar-refractivity contribution < 1.29 is 14.3 Å². The number of carbonyl (C=O) groups is 2. The first-order valence-electron chi connectivity index (χ1n) is 3.51. The van der Waals surface area contributed by atoms with Crippen molar-refractivity contribution in [2.75, 3.05) is 13.2 Å². The monoisotopic (exact) mass is 157 g/mol. The lowest BCUT2D eigenvalue weighted by molar-refractivity contribution is -0.132. The summed E-state index contributed by atoms with van der Waals surface area (Å²) in [6, 6.07) is 0. The summed E-state index contributed by atoms with van der Waals surface area (Å²) in [6.07, 6.45) is 1.05. The van der Waals surface area contributed by atoms with E-state index in [1.54, 1.807) is 0 Å². The topological polar surface area (TPSA) is 55.4 Å². The van der Waals surface area contributed by atoms with Crippen LogP contribution in [0.15, 0.2) is 0 Å². The Kier molecular flexibility index (Phi) is 2.24. The van der Waals surface area contributed by atoms with Gasteiger partial charge >= 0.3 is 0 Å². The van der Waals surface area contributed by atoms with Gasteiger partial charge in [-0.05, 0) is 13.3 Å². The lowest BCUT2D eigenvalue weighted by atomic mass is 10.0. The molecule has 11 heavy (non-hydrogen) atoms. The maximum absolute atomic E-state index is 10.6. The Morgan fingerprint density at radius 2 is 2.45 bits per heavy atom. The van der Waals surface area contributed by atoms with E-state index in [1.165, 1.54) is 0 Å². The quantitative estimate of drug-likeness (QED) is 0.433. The molecule has 0 aromatic heterocycles. The first kappa shape index (κ1) is 8.20. The fourth-order valence-corrected chi connectivity index (χ4v) is 1.09. The summed E-state index contributed by atoms with van der Waals surface area (Å²) in [5.74, 6) is -0.571. The second kappa shape index (κ2) is 3.00. The van der Waals surface area contributed by atoms with Crippen molar-refractivity contribution in [2.45, 2.75) is 18.9 Å². The average molecular weight is 157 g/mol. The van der Waals surface area contributed by atoms with Crippen molar-refractivity contribution >= 4 is 12.2 Å². The van der Waals surface area contributed by atoms with Gasteiger partial charge in [0.25, 0.3) is 5.91 Å². The van der Waals surface area contributed by atoms with Crippen molar-refractivity contribution in [3.63, 3.8) is 0 Å². The molecule has 0 aromatic carbocycles. The Bertz CT molecular complexity index is 173. The van der Waals surface area contributed by atoms with Gasteiger partial charge in [0.05, 0.1) is 12.1 Å². The number of hydrogen-bond acceptors (Lipinski definition) is 3. The highest BCUT2D eigenvalue weighted by atomic mass is 16.5. The fourth-order valence-electron chi connectivity index (χ4n) is 1.09. The molecule has 1 heterocycles. The van der Waals surface area contributed by atoms with Gasteiger partial charge in [0.2, 0.25) is 6.29 Å². The van der Waals surface area contributed by atoms with Gasteiger partial charge in [0.15, 0.2) is 0 Å². The zero-order chi connectivity index (χ0) is 8.32. The Balaban J connectivity index is 2.45. The first-order chi connectivity index (χ1) is 5.16. The van der Waals surface area contributed by atoms with Gasteiger partial charge in [-0.2, -0.15) is 0 Å². The van der Waals surface area contributed by atoms with Crippen molar-refractivity contribution in [3.05, 3.63) is 0 Å². The molecule has 0 aromatic rings. The molecule has 1 saturated heterocycles. The molecule has 0 saturated carbocycles. The van der Waals surface area contributed by atoms with Crippen molar-refractivity contribution in [3.8, 4) is 0 Å². The van der Waals surface area contributed by atoms with Gasteiger partial charge < -0.3 is 10.1 Å². The molecule has 1 aliphatic rings. The highest BCUT2D eigenvalue weighted by Gasteiger charge is 2.30. The normalized spacial score (nSPS) is 29.9. The third kappa shape index (κ3) is 2.01. The van der Waals surface area contributed by atoms with Crippen LogP contribution in [-0.2, 0) is 14.3 Å². The Hall–Kier alpha value is -0.900. The van der Waals surface area contributed by atoms with Crippen LogP contribution in [-0.4, -0.2) is 30.9 Å². The van der Waals surface area contributed by atoms with E-state index in [0.717, 1.165) is 6.42 Å². The lowest BCUT2D eigenvalue weighted by Gasteiger charge is -2.21. The van der Waals surface area contributed by atoms with E-state index in [-0.39, 0.29) is 11.8 Å². The molecule has 1 amide bonds. The second-order valence-electron chi connectivity index (χ2n) is 2.97. The van der Waals surface area contributed by atoms with Crippen LogP contribution in [0.1, 0.15) is 13.3 Å². The maximum Gasteiger partial charge on any atom is 0.284 e. The molecule has 1 N–H and O–H groups in total. The molecule has 4 heteroatoms. The number of rotatable bonds is 2. The summed E-state index contributed by atoms with van der Waals surface area (Å²) < 4.78 is 5.07. The third-order valence-corrected chi connectivity index (χ3v) is 1.75. The highest BCUT2D eigenvalue weighted by molar-refractivity contribution is 6.23. The summed E-state index contributed by atoms with van der Waals surface area (Å²) >= 11 is 0. The SMILES string of the molecule is CC1(NC(=O)C=O)CCOC1. The average Bonchev–Trinajstić information content (AvgIpc) is 2.36. The van der Waals surface area contributed by atoms with Crippen LogP contribution in [0.5, 0.6) is 0 Å². The van der Waals surface area contributed by atoms with Gasteiger partial charge in [-0.25, -0.2) is 0 Å². The van der Waals surface area contributed by atoms with Gasteiger partial charge in [-0.15, -0.1) is 0 Å². The van der Waals surface area contributed by atoms with E-state index in [4.69, 9.17) is 4.74 Å². The highest BCUT2D eigenvalue weighted by Crippen LogP contribution is 2.16. The standard InChI is InChI=1S/C7H11NO3/c1-7(2-3-11-5-7)8-6(10)4-9/h4H,2-3,5H2,1H3,(H,8,10). The number of nitrogens with one attached hydrogen (secondary N) is 1. The molecule has 1 atom stereocenters. The van der Waals surface area contributed by atoms with Gasteiger partial charge in [0, 0.05) is 6.61 Å².